The Kier molecular flexibility index (Phi) is 8.67. The van der Waals surface area contributed by atoms with Gasteiger partial charge in [-0.25, -0.2) is 9.67 Å². The molecule has 0 aliphatic heterocycles. The zero-order valence-electron chi connectivity index (χ0n) is 21.1. The van der Waals surface area contributed by atoms with Crippen molar-refractivity contribution in [3.05, 3.63) is 55.6 Å². The van der Waals surface area contributed by atoms with E-state index in [-0.39, 0.29) is 43.5 Å². The molecular formula is C25H26F3N5O4S2. The number of nitrogens with zero attached hydrogens (tertiary/aromatic N) is 3. The molecule has 1 aromatic carbocycles. The highest BCUT2D eigenvalue weighted by Crippen LogP contribution is 2.33. The zero-order valence-corrected chi connectivity index (χ0v) is 22.7. The molecule has 39 heavy (non-hydrogen) atoms. The first-order valence-electron chi connectivity index (χ1n) is 12.0. The van der Waals surface area contributed by atoms with Gasteiger partial charge in [-0.1, -0.05) is 13.8 Å². The molecule has 0 aliphatic rings. The molecule has 0 fully saturated rings. The fourth-order valence-corrected chi connectivity index (χ4v) is 5.69. The summed E-state index contributed by atoms with van der Waals surface area (Å²) in [6.07, 6.45) is -4.17. The average molecular weight is 582 g/mol. The highest BCUT2D eigenvalue weighted by Gasteiger charge is 2.31. The maximum absolute atomic E-state index is 13.1. The Bertz CT molecular complexity index is 1560. The van der Waals surface area contributed by atoms with Crippen LogP contribution in [0.15, 0.2) is 33.8 Å². The van der Waals surface area contributed by atoms with Gasteiger partial charge in [-0.15, -0.1) is 11.3 Å². The number of benzene rings is 1. The van der Waals surface area contributed by atoms with E-state index in [2.05, 4.69) is 15.4 Å². The Labute approximate surface area is 228 Å². The molecule has 208 valence electrons. The molecule has 0 aliphatic carbocycles. The third kappa shape index (κ3) is 6.99. The van der Waals surface area contributed by atoms with Crippen molar-refractivity contribution < 1.29 is 27.5 Å². The lowest BCUT2D eigenvalue weighted by atomic mass is 10.0. The molecule has 3 aromatic heterocycles. The minimum atomic E-state index is -4.49. The second-order valence-corrected chi connectivity index (χ2v) is 11.2. The van der Waals surface area contributed by atoms with Crippen LogP contribution in [0.4, 0.5) is 13.2 Å². The Morgan fingerprint density at radius 3 is 2.67 bits per heavy atom. The Morgan fingerprint density at radius 2 is 1.95 bits per heavy atom. The number of alkyl halides is 3. The minimum Gasteiger partial charge on any atom is -0.464 e. The molecule has 0 saturated heterocycles. The first kappa shape index (κ1) is 28.6. The minimum absolute atomic E-state index is 0.0585. The van der Waals surface area contributed by atoms with E-state index in [4.69, 9.17) is 10.5 Å². The van der Waals surface area contributed by atoms with Gasteiger partial charge in [-0.3, -0.25) is 14.4 Å². The lowest BCUT2D eigenvalue weighted by Gasteiger charge is -2.14. The number of aromatic nitrogens is 3. The molecule has 9 nitrogen and oxygen atoms in total. The molecule has 0 radical (unpaired) electrons. The number of nitrogens with one attached hydrogen (secondary N) is 1. The van der Waals surface area contributed by atoms with Gasteiger partial charge in [-0.2, -0.15) is 29.6 Å². The van der Waals surface area contributed by atoms with Crippen molar-refractivity contribution >= 4 is 55.5 Å². The summed E-state index contributed by atoms with van der Waals surface area (Å²) in [7, 11) is 0. The molecule has 1 atom stereocenters. The number of carbonyl (C=O) groups excluding carboxylic acids is 2. The van der Waals surface area contributed by atoms with Crippen molar-refractivity contribution in [1.82, 2.24) is 20.1 Å². The van der Waals surface area contributed by atoms with Gasteiger partial charge < -0.3 is 15.8 Å². The highest BCUT2D eigenvalue weighted by molar-refractivity contribution is 7.18. The molecule has 4 aromatic rings. The van der Waals surface area contributed by atoms with Gasteiger partial charge in [0.2, 0.25) is 5.91 Å². The molecular weight excluding hydrogens is 555 g/mol. The van der Waals surface area contributed by atoms with E-state index in [0.29, 0.717) is 32.6 Å². The van der Waals surface area contributed by atoms with Gasteiger partial charge in [0.05, 0.1) is 52.4 Å². The van der Waals surface area contributed by atoms with Gasteiger partial charge in [0.15, 0.2) is 0 Å². The summed E-state index contributed by atoms with van der Waals surface area (Å²) in [5.41, 5.74) is 5.11. The van der Waals surface area contributed by atoms with Crippen LogP contribution in [0.5, 0.6) is 0 Å². The monoisotopic (exact) mass is 581 g/mol. The average Bonchev–Trinajstić information content (AvgIpc) is 3.50. The van der Waals surface area contributed by atoms with Crippen molar-refractivity contribution in [2.24, 2.45) is 11.7 Å². The van der Waals surface area contributed by atoms with Crippen molar-refractivity contribution in [3.63, 3.8) is 0 Å². The van der Waals surface area contributed by atoms with Crippen LogP contribution in [-0.2, 0) is 33.5 Å². The summed E-state index contributed by atoms with van der Waals surface area (Å²) >= 11 is 2.44. The van der Waals surface area contributed by atoms with Crippen LogP contribution in [-0.4, -0.2) is 45.8 Å². The molecule has 3 N–H and O–H groups in total. The number of amides is 1. The van der Waals surface area contributed by atoms with E-state index in [9.17, 15) is 27.6 Å². The topological polar surface area (TPSA) is 129 Å². The molecule has 1 amide bonds. The van der Waals surface area contributed by atoms with Crippen LogP contribution >= 0.6 is 22.7 Å². The maximum atomic E-state index is 13.1. The summed E-state index contributed by atoms with van der Waals surface area (Å²) in [4.78, 5) is 41.8. The second kappa shape index (κ2) is 11.8. The van der Waals surface area contributed by atoms with Crippen molar-refractivity contribution in [2.75, 3.05) is 13.2 Å². The molecule has 0 saturated carbocycles. The number of hydrogen-bond acceptors (Lipinski definition) is 9. The molecule has 0 spiro atoms. The number of halogens is 3. The molecule has 3 heterocycles. The number of fused-ring (bicyclic) bond motifs is 2. The van der Waals surface area contributed by atoms with Gasteiger partial charge in [0, 0.05) is 16.1 Å². The zero-order chi connectivity index (χ0) is 28.3. The van der Waals surface area contributed by atoms with Crippen LogP contribution < -0.4 is 16.6 Å². The normalized spacial score (nSPS) is 12.8. The standard InChI is InChI=1S/C25H26F3N5O4S2/c1-13(2)7-17(29)23(35)30-5-6-37-22(34)9-18-15-11-38-12-16(15)24(36)33(32-18)10-21-31-19-8-14(25(26,27)28)3-4-20(19)39-21/h3-4,8,11-13,17H,5-7,9-10,29H2,1-2H3,(H,30,35)/t17-/m0/s1. The summed E-state index contributed by atoms with van der Waals surface area (Å²) in [5.74, 6) is -0.649. The predicted octanol–water partition coefficient (Wildman–Crippen LogP) is 3.71. The van der Waals surface area contributed by atoms with E-state index >= 15 is 0 Å². The SMILES string of the molecule is CC(C)C[C@H](N)C(=O)NCCOC(=O)Cc1nn(Cc2nc3cc(C(F)(F)F)ccc3s2)c(=O)c2cscc12. The van der Waals surface area contributed by atoms with E-state index in [1.54, 1.807) is 10.8 Å². The Morgan fingerprint density at radius 1 is 1.21 bits per heavy atom. The number of ether oxygens (including phenoxy) is 1. The summed E-state index contributed by atoms with van der Waals surface area (Å²) in [5, 5.41) is 11.6. The predicted molar refractivity (Wildman–Crippen MR) is 143 cm³/mol. The number of esters is 1. The number of thiazole rings is 1. The fraction of sp³-hybridized carbons (Fsp3) is 0.400. The van der Waals surface area contributed by atoms with Crippen LogP contribution in [0.1, 0.15) is 36.5 Å². The second-order valence-electron chi connectivity index (χ2n) is 9.32. The highest BCUT2D eigenvalue weighted by atomic mass is 32.1. The van der Waals surface area contributed by atoms with Crippen LogP contribution in [0, 0.1) is 5.92 Å². The third-order valence-corrected chi connectivity index (χ3v) is 7.53. The molecule has 14 heteroatoms. The van der Waals surface area contributed by atoms with Gasteiger partial charge in [0.25, 0.3) is 5.56 Å². The van der Waals surface area contributed by atoms with Gasteiger partial charge >= 0.3 is 12.1 Å². The number of thiophene rings is 1. The van der Waals surface area contributed by atoms with Crippen LogP contribution in [0.3, 0.4) is 0 Å². The smallest absolute Gasteiger partial charge is 0.416 e. The van der Waals surface area contributed by atoms with Gasteiger partial charge in [0.1, 0.15) is 11.6 Å². The van der Waals surface area contributed by atoms with E-state index in [1.807, 2.05) is 13.8 Å². The quantitative estimate of drug-likeness (QED) is 0.216. The summed E-state index contributed by atoms with van der Waals surface area (Å²) < 4.78 is 46.1. The third-order valence-electron chi connectivity index (χ3n) is 5.76. The van der Waals surface area contributed by atoms with E-state index in [1.165, 1.54) is 17.4 Å². The van der Waals surface area contributed by atoms with Crippen molar-refractivity contribution in [2.45, 2.75) is 45.5 Å². The lowest BCUT2D eigenvalue weighted by molar-refractivity contribution is -0.143. The van der Waals surface area contributed by atoms with Crippen LogP contribution in [0.2, 0.25) is 0 Å². The Hall–Kier alpha value is -3.36. The fourth-order valence-electron chi connectivity index (χ4n) is 3.93. The van der Waals surface area contributed by atoms with Crippen molar-refractivity contribution in [3.8, 4) is 0 Å². The van der Waals surface area contributed by atoms with Crippen molar-refractivity contribution in [1.29, 1.82) is 0 Å². The van der Waals surface area contributed by atoms with E-state index < -0.39 is 29.3 Å². The molecule has 0 bridgehead atoms. The Balaban J connectivity index is 1.45. The molecule has 4 rings (SSSR count). The maximum Gasteiger partial charge on any atom is 0.416 e. The number of rotatable bonds is 10. The summed E-state index contributed by atoms with van der Waals surface area (Å²) in [6.45, 7) is 3.89. The first-order valence-corrected chi connectivity index (χ1v) is 13.8. The molecule has 0 unspecified atom stereocenters. The largest absolute Gasteiger partial charge is 0.464 e. The number of carbonyl (C=O) groups is 2. The van der Waals surface area contributed by atoms with Gasteiger partial charge in [-0.05, 0) is 30.5 Å². The number of hydrogen-bond donors (Lipinski definition) is 2. The lowest BCUT2D eigenvalue weighted by Crippen LogP contribution is -2.42. The number of nitrogens with two attached hydrogens (primary N) is 1. The summed E-state index contributed by atoms with van der Waals surface area (Å²) in [6, 6.07) is 2.66. The van der Waals surface area contributed by atoms with E-state index in [0.717, 1.165) is 28.2 Å². The van der Waals surface area contributed by atoms with Crippen LogP contribution in [0.25, 0.3) is 21.0 Å². The first-order chi connectivity index (χ1) is 18.4.